The highest BCUT2D eigenvalue weighted by molar-refractivity contribution is 4.47. The van der Waals surface area contributed by atoms with Crippen LogP contribution in [0.5, 0.6) is 0 Å². The van der Waals surface area contributed by atoms with Gasteiger partial charge in [0.15, 0.2) is 5.79 Å². The first-order chi connectivity index (χ1) is 5.56. The van der Waals surface area contributed by atoms with E-state index in [1.807, 2.05) is 0 Å². The molecule has 0 radical (unpaired) electrons. The molecular weight excluding hydrogens is 160 g/mol. The highest BCUT2D eigenvalue weighted by atomic mass is 16.6. The fourth-order valence-corrected chi connectivity index (χ4v) is 0.525. The number of aliphatic hydroxyl groups excluding tert-OH is 1. The van der Waals surface area contributed by atoms with Crippen LogP contribution in [-0.2, 0) is 9.47 Å². The van der Waals surface area contributed by atoms with Gasteiger partial charge in [-0.1, -0.05) is 0 Å². The van der Waals surface area contributed by atoms with Crippen molar-refractivity contribution in [3.8, 4) is 0 Å². The van der Waals surface area contributed by atoms with Crippen molar-refractivity contribution < 1.29 is 19.7 Å². The molecule has 0 atom stereocenters. The van der Waals surface area contributed by atoms with Crippen LogP contribution in [0.3, 0.4) is 0 Å². The second-order valence-corrected chi connectivity index (χ2v) is 2.64. The Morgan fingerprint density at radius 2 is 1.67 bits per heavy atom. The molecule has 0 spiro atoms. The van der Waals surface area contributed by atoms with Crippen LogP contribution in [0.15, 0.2) is 0 Å². The standard InChI is InChI=1S/C7H16O3.CH4O/c1-7(2,8)10-6-4-5-9-3;1-2/h8H,4-6H2,1-3H3;2H,1H3. The molecule has 2 N–H and O–H groups in total. The van der Waals surface area contributed by atoms with Crippen molar-refractivity contribution >= 4 is 0 Å². The minimum Gasteiger partial charge on any atom is -0.400 e. The van der Waals surface area contributed by atoms with Crippen molar-refractivity contribution in [1.29, 1.82) is 0 Å². The number of methoxy groups -OCH3 is 1. The summed E-state index contributed by atoms with van der Waals surface area (Å²) in [5.74, 6) is -1.01. The summed E-state index contributed by atoms with van der Waals surface area (Å²) in [6.45, 7) is 4.44. The lowest BCUT2D eigenvalue weighted by atomic mass is 10.4. The second kappa shape index (κ2) is 8.93. The predicted molar refractivity (Wildman–Crippen MR) is 46.9 cm³/mol. The molecule has 0 amide bonds. The first kappa shape index (κ1) is 14.4. The van der Waals surface area contributed by atoms with Crippen molar-refractivity contribution in [3.05, 3.63) is 0 Å². The summed E-state index contributed by atoms with van der Waals surface area (Å²) in [7, 11) is 2.64. The zero-order chi connectivity index (χ0) is 10.0. The molecule has 0 saturated carbocycles. The molecule has 0 fully saturated rings. The quantitative estimate of drug-likeness (QED) is 0.474. The molecule has 4 heteroatoms. The van der Waals surface area contributed by atoms with Crippen molar-refractivity contribution in [1.82, 2.24) is 0 Å². The van der Waals surface area contributed by atoms with Crippen LogP contribution in [0.2, 0.25) is 0 Å². The van der Waals surface area contributed by atoms with Crippen LogP contribution in [0.1, 0.15) is 20.3 Å². The summed E-state index contributed by atoms with van der Waals surface area (Å²) >= 11 is 0. The average Bonchev–Trinajstić information content (AvgIpc) is 2.01. The zero-order valence-electron chi connectivity index (χ0n) is 8.33. The van der Waals surface area contributed by atoms with Gasteiger partial charge < -0.3 is 19.7 Å². The van der Waals surface area contributed by atoms with Gasteiger partial charge in [-0.15, -0.1) is 0 Å². The summed E-state index contributed by atoms with van der Waals surface area (Å²) in [6, 6.07) is 0. The molecule has 12 heavy (non-hydrogen) atoms. The van der Waals surface area contributed by atoms with E-state index in [4.69, 9.17) is 19.7 Å². The van der Waals surface area contributed by atoms with E-state index >= 15 is 0 Å². The van der Waals surface area contributed by atoms with Gasteiger partial charge in [-0.25, -0.2) is 0 Å². The van der Waals surface area contributed by atoms with Crippen molar-refractivity contribution in [2.75, 3.05) is 27.4 Å². The van der Waals surface area contributed by atoms with Gasteiger partial charge in [0.05, 0.1) is 6.61 Å². The number of ether oxygens (including phenoxy) is 2. The highest BCUT2D eigenvalue weighted by Gasteiger charge is 2.10. The number of hydrogen-bond donors (Lipinski definition) is 2. The smallest absolute Gasteiger partial charge is 0.159 e. The van der Waals surface area contributed by atoms with E-state index in [0.29, 0.717) is 13.2 Å². The van der Waals surface area contributed by atoms with E-state index in [1.54, 1.807) is 21.0 Å². The normalized spacial score (nSPS) is 10.5. The molecule has 76 valence electrons. The van der Waals surface area contributed by atoms with Gasteiger partial charge in [0.2, 0.25) is 0 Å². The minimum absolute atomic E-state index is 0.539. The van der Waals surface area contributed by atoms with Crippen LogP contribution in [0, 0.1) is 0 Å². The molecule has 0 rings (SSSR count). The lowest BCUT2D eigenvalue weighted by Gasteiger charge is -2.17. The maximum Gasteiger partial charge on any atom is 0.159 e. The number of aliphatic hydroxyl groups is 2. The van der Waals surface area contributed by atoms with E-state index in [0.717, 1.165) is 13.5 Å². The molecule has 0 aromatic rings. The Balaban J connectivity index is 0. The van der Waals surface area contributed by atoms with Crippen molar-refractivity contribution in [3.63, 3.8) is 0 Å². The molecule has 0 aliphatic rings. The lowest BCUT2D eigenvalue weighted by Crippen LogP contribution is -2.24. The summed E-state index contributed by atoms with van der Waals surface area (Å²) < 4.78 is 9.80. The maximum absolute atomic E-state index is 9.05. The minimum atomic E-state index is -1.01. The van der Waals surface area contributed by atoms with Gasteiger partial charge in [0, 0.05) is 20.8 Å². The van der Waals surface area contributed by atoms with Crippen LogP contribution in [0.4, 0.5) is 0 Å². The summed E-state index contributed by atoms with van der Waals surface area (Å²) in [6.07, 6.45) is 0.820. The van der Waals surface area contributed by atoms with E-state index in [9.17, 15) is 0 Å². The molecular formula is C8H20O4. The van der Waals surface area contributed by atoms with Gasteiger partial charge in [0.1, 0.15) is 0 Å². The number of rotatable bonds is 5. The first-order valence-electron chi connectivity index (χ1n) is 3.86. The Kier molecular flexibility index (Phi) is 10.7. The largest absolute Gasteiger partial charge is 0.400 e. The maximum atomic E-state index is 9.05. The monoisotopic (exact) mass is 180 g/mol. The Hall–Kier alpha value is -0.160. The predicted octanol–water partition coefficient (Wildman–Crippen LogP) is 0.376. The van der Waals surface area contributed by atoms with Gasteiger partial charge in [-0.05, 0) is 20.3 Å². The Morgan fingerprint density at radius 1 is 1.17 bits per heavy atom. The van der Waals surface area contributed by atoms with Gasteiger partial charge in [0.25, 0.3) is 0 Å². The van der Waals surface area contributed by atoms with E-state index in [-0.39, 0.29) is 0 Å². The van der Waals surface area contributed by atoms with Crippen LogP contribution in [-0.4, -0.2) is 43.4 Å². The first-order valence-corrected chi connectivity index (χ1v) is 3.86. The van der Waals surface area contributed by atoms with E-state index < -0.39 is 5.79 Å². The molecule has 0 aromatic heterocycles. The summed E-state index contributed by atoms with van der Waals surface area (Å²) in [5.41, 5.74) is 0. The molecule has 0 bridgehead atoms. The zero-order valence-corrected chi connectivity index (χ0v) is 8.33. The molecule has 0 heterocycles. The van der Waals surface area contributed by atoms with Crippen molar-refractivity contribution in [2.24, 2.45) is 0 Å². The SMILES string of the molecule is CO.COCCCOC(C)(C)O. The Labute approximate surface area is 74.1 Å². The molecule has 4 nitrogen and oxygen atoms in total. The van der Waals surface area contributed by atoms with E-state index in [2.05, 4.69) is 0 Å². The third-order valence-corrected chi connectivity index (χ3v) is 0.948. The Morgan fingerprint density at radius 3 is 2.00 bits per heavy atom. The van der Waals surface area contributed by atoms with Gasteiger partial charge in [-0.2, -0.15) is 0 Å². The lowest BCUT2D eigenvalue weighted by molar-refractivity contribution is -0.177. The molecule has 0 aliphatic heterocycles. The second-order valence-electron chi connectivity index (χ2n) is 2.64. The van der Waals surface area contributed by atoms with E-state index in [1.165, 1.54) is 0 Å². The average molecular weight is 180 g/mol. The fourth-order valence-electron chi connectivity index (χ4n) is 0.525. The third kappa shape index (κ3) is 16.4. The van der Waals surface area contributed by atoms with Gasteiger partial charge >= 0.3 is 0 Å². The third-order valence-electron chi connectivity index (χ3n) is 0.948. The topological polar surface area (TPSA) is 58.9 Å². The summed E-state index contributed by atoms with van der Waals surface area (Å²) in [4.78, 5) is 0. The fraction of sp³-hybridized carbons (Fsp3) is 1.00. The summed E-state index contributed by atoms with van der Waals surface area (Å²) in [5, 5.41) is 16.1. The Bertz CT molecular complexity index is 77.6. The highest BCUT2D eigenvalue weighted by Crippen LogP contribution is 2.02. The van der Waals surface area contributed by atoms with Gasteiger partial charge in [-0.3, -0.25) is 0 Å². The number of hydrogen-bond acceptors (Lipinski definition) is 4. The molecule has 0 aliphatic carbocycles. The van der Waals surface area contributed by atoms with Crippen LogP contribution >= 0.6 is 0 Å². The van der Waals surface area contributed by atoms with Crippen LogP contribution in [0.25, 0.3) is 0 Å². The molecule has 0 saturated heterocycles. The van der Waals surface area contributed by atoms with Crippen LogP contribution < -0.4 is 0 Å². The molecule has 0 aromatic carbocycles. The molecule has 0 unspecified atom stereocenters. The van der Waals surface area contributed by atoms with Crippen molar-refractivity contribution in [2.45, 2.75) is 26.1 Å².